The smallest absolute Gasteiger partial charge is 0.279 e. The van der Waals surface area contributed by atoms with Gasteiger partial charge in [-0.2, -0.15) is 10.1 Å². The standard InChI is InChI=1S/C15H15N5O/c1-9-5-6-11-10(8-9)13(19-18-11)15-17-14(20-21-15)12-4-2-3-7-16-12/h2-4,7,9H,5-6,8H2,1H3,(H,18,19)/t9-/m0/s1. The Hall–Kier alpha value is -2.50. The highest BCUT2D eigenvalue weighted by molar-refractivity contribution is 5.58. The maximum atomic E-state index is 5.38. The number of pyridine rings is 1. The van der Waals surface area contributed by atoms with Crippen LogP contribution in [0.25, 0.3) is 23.1 Å². The van der Waals surface area contributed by atoms with Crippen molar-refractivity contribution in [3.05, 3.63) is 35.7 Å². The summed E-state index contributed by atoms with van der Waals surface area (Å²) in [6.45, 7) is 2.26. The van der Waals surface area contributed by atoms with Gasteiger partial charge < -0.3 is 4.52 Å². The first-order chi connectivity index (χ1) is 10.3. The number of fused-ring (bicyclic) bond motifs is 1. The fourth-order valence-corrected chi connectivity index (χ4v) is 2.76. The predicted molar refractivity (Wildman–Crippen MR) is 76.3 cm³/mol. The van der Waals surface area contributed by atoms with E-state index < -0.39 is 0 Å². The van der Waals surface area contributed by atoms with Crippen LogP contribution in [0.3, 0.4) is 0 Å². The van der Waals surface area contributed by atoms with Gasteiger partial charge in [-0.25, -0.2) is 0 Å². The molecule has 0 amide bonds. The second-order valence-electron chi connectivity index (χ2n) is 5.52. The van der Waals surface area contributed by atoms with Crippen LogP contribution in [0.15, 0.2) is 28.9 Å². The van der Waals surface area contributed by atoms with Gasteiger partial charge in [-0.3, -0.25) is 10.1 Å². The molecule has 0 saturated carbocycles. The number of H-pyrrole nitrogens is 1. The van der Waals surface area contributed by atoms with Crippen molar-refractivity contribution in [2.45, 2.75) is 26.2 Å². The lowest BCUT2D eigenvalue weighted by Gasteiger charge is -2.17. The molecular weight excluding hydrogens is 266 g/mol. The third kappa shape index (κ3) is 2.12. The highest BCUT2D eigenvalue weighted by Crippen LogP contribution is 2.31. The molecule has 0 saturated heterocycles. The largest absolute Gasteiger partial charge is 0.332 e. The van der Waals surface area contributed by atoms with Crippen molar-refractivity contribution in [1.29, 1.82) is 0 Å². The summed E-state index contributed by atoms with van der Waals surface area (Å²) in [4.78, 5) is 8.66. The number of aromatic nitrogens is 5. The van der Waals surface area contributed by atoms with E-state index >= 15 is 0 Å². The van der Waals surface area contributed by atoms with Crippen molar-refractivity contribution in [3.8, 4) is 23.1 Å². The fourth-order valence-electron chi connectivity index (χ4n) is 2.76. The van der Waals surface area contributed by atoms with E-state index in [9.17, 15) is 0 Å². The number of nitrogens with one attached hydrogen (secondary N) is 1. The maximum Gasteiger partial charge on any atom is 0.279 e. The van der Waals surface area contributed by atoms with Crippen molar-refractivity contribution in [2.75, 3.05) is 0 Å². The highest BCUT2D eigenvalue weighted by atomic mass is 16.5. The highest BCUT2D eigenvalue weighted by Gasteiger charge is 2.25. The Balaban J connectivity index is 1.72. The van der Waals surface area contributed by atoms with E-state index in [0.717, 1.165) is 18.5 Å². The number of rotatable bonds is 2. The van der Waals surface area contributed by atoms with E-state index in [0.29, 0.717) is 23.3 Å². The number of aryl methyl sites for hydroxylation is 1. The van der Waals surface area contributed by atoms with Crippen LogP contribution in [0, 0.1) is 5.92 Å². The maximum absolute atomic E-state index is 5.38. The Morgan fingerprint density at radius 2 is 2.29 bits per heavy atom. The van der Waals surface area contributed by atoms with Crippen LogP contribution in [-0.2, 0) is 12.8 Å². The molecule has 0 radical (unpaired) electrons. The number of aromatic amines is 1. The summed E-state index contributed by atoms with van der Waals surface area (Å²) in [5.74, 6) is 1.61. The van der Waals surface area contributed by atoms with Gasteiger partial charge in [-0.05, 0) is 37.3 Å². The SMILES string of the molecule is C[C@H]1CCc2[nH]nc(-c3nc(-c4ccccn4)no3)c2C1. The minimum Gasteiger partial charge on any atom is -0.332 e. The summed E-state index contributed by atoms with van der Waals surface area (Å²) in [6, 6.07) is 5.61. The Kier molecular flexibility index (Phi) is 2.80. The van der Waals surface area contributed by atoms with Crippen LogP contribution in [-0.4, -0.2) is 25.3 Å². The van der Waals surface area contributed by atoms with Crippen LogP contribution in [0.4, 0.5) is 0 Å². The zero-order valence-corrected chi connectivity index (χ0v) is 11.7. The van der Waals surface area contributed by atoms with Crippen LogP contribution in [0.5, 0.6) is 0 Å². The summed E-state index contributed by atoms with van der Waals surface area (Å²) in [5, 5.41) is 11.5. The predicted octanol–water partition coefficient (Wildman–Crippen LogP) is 2.65. The molecule has 3 heterocycles. The Labute approximate surface area is 121 Å². The number of nitrogens with zero attached hydrogens (tertiary/aromatic N) is 4. The van der Waals surface area contributed by atoms with Crippen LogP contribution >= 0.6 is 0 Å². The molecule has 1 N–H and O–H groups in total. The van der Waals surface area contributed by atoms with Crippen LogP contribution < -0.4 is 0 Å². The van der Waals surface area contributed by atoms with Gasteiger partial charge in [0.15, 0.2) is 5.69 Å². The first-order valence-corrected chi connectivity index (χ1v) is 7.13. The van der Waals surface area contributed by atoms with E-state index in [1.54, 1.807) is 6.20 Å². The van der Waals surface area contributed by atoms with Crippen molar-refractivity contribution in [1.82, 2.24) is 25.3 Å². The second kappa shape index (κ2) is 4.80. The zero-order valence-electron chi connectivity index (χ0n) is 11.7. The number of hydrogen-bond donors (Lipinski definition) is 1. The van der Waals surface area contributed by atoms with Gasteiger partial charge in [0.1, 0.15) is 5.69 Å². The molecule has 3 aromatic rings. The molecule has 1 aliphatic rings. The Morgan fingerprint density at radius 1 is 1.33 bits per heavy atom. The summed E-state index contributed by atoms with van der Waals surface area (Å²) >= 11 is 0. The lowest BCUT2D eigenvalue weighted by molar-refractivity contribution is 0.429. The first kappa shape index (κ1) is 12.3. The first-order valence-electron chi connectivity index (χ1n) is 7.13. The average Bonchev–Trinajstić information content (AvgIpc) is 3.14. The van der Waals surface area contributed by atoms with Gasteiger partial charge in [-0.15, -0.1) is 0 Å². The van der Waals surface area contributed by atoms with Gasteiger partial charge in [0, 0.05) is 17.5 Å². The Bertz CT molecular complexity index is 761. The minimum absolute atomic E-state index is 0.460. The molecule has 0 aromatic carbocycles. The number of hydrogen-bond acceptors (Lipinski definition) is 5. The third-order valence-electron chi connectivity index (χ3n) is 3.92. The van der Waals surface area contributed by atoms with E-state index in [4.69, 9.17) is 4.52 Å². The monoisotopic (exact) mass is 281 g/mol. The van der Waals surface area contributed by atoms with E-state index in [2.05, 4.69) is 32.2 Å². The van der Waals surface area contributed by atoms with Crippen LogP contribution in [0.2, 0.25) is 0 Å². The quantitative estimate of drug-likeness (QED) is 0.781. The molecule has 0 unspecified atom stereocenters. The minimum atomic E-state index is 0.460. The van der Waals surface area contributed by atoms with E-state index in [-0.39, 0.29) is 0 Å². The van der Waals surface area contributed by atoms with Crippen molar-refractivity contribution in [2.24, 2.45) is 5.92 Å². The molecule has 0 spiro atoms. The lowest BCUT2D eigenvalue weighted by Crippen LogP contribution is -2.10. The van der Waals surface area contributed by atoms with Gasteiger partial charge in [0.2, 0.25) is 5.82 Å². The van der Waals surface area contributed by atoms with Crippen molar-refractivity contribution < 1.29 is 4.52 Å². The average molecular weight is 281 g/mol. The molecule has 4 rings (SSSR count). The molecule has 1 aliphatic carbocycles. The van der Waals surface area contributed by atoms with E-state index in [1.807, 2.05) is 18.2 Å². The van der Waals surface area contributed by atoms with Gasteiger partial charge in [-0.1, -0.05) is 18.1 Å². The van der Waals surface area contributed by atoms with Crippen LogP contribution in [0.1, 0.15) is 24.6 Å². The molecule has 0 aliphatic heterocycles. The molecule has 106 valence electrons. The fraction of sp³-hybridized carbons (Fsp3) is 0.333. The summed E-state index contributed by atoms with van der Waals surface area (Å²) in [5.41, 5.74) is 3.89. The van der Waals surface area contributed by atoms with E-state index in [1.165, 1.54) is 17.7 Å². The summed E-state index contributed by atoms with van der Waals surface area (Å²) < 4.78 is 5.38. The van der Waals surface area contributed by atoms with Crippen molar-refractivity contribution >= 4 is 0 Å². The molecule has 6 heteroatoms. The molecule has 6 nitrogen and oxygen atoms in total. The molecular formula is C15H15N5O. The lowest BCUT2D eigenvalue weighted by atomic mass is 9.88. The van der Waals surface area contributed by atoms with Gasteiger partial charge in [0.05, 0.1) is 0 Å². The Morgan fingerprint density at radius 3 is 3.14 bits per heavy atom. The molecule has 0 bridgehead atoms. The second-order valence-corrected chi connectivity index (χ2v) is 5.52. The molecule has 3 aromatic heterocycles. The topological polar surface area (TPSA) is 80.5 Å². The summed E-state index contributed by atoms with van der Waals surface area (Å²) in [6.07, 6.45) is 4.94. The van der Waals surface area contributed by atoms with Gasteiger partial charge in [0.25, 0.3) is 5.89 Å². The molecule has 21 heavy (non-hydrogen) atoms. The molecule has 1 atom stereocenters. The zero-order chi connectivity index (χ0) is 14.2. The van der Waals surface area contributed by atoms with Crippen molar-refractivity contribution in [3.63, 3.8) is 0 Å². The third-order valence-corrected chi connectivity index (χ3v) is 3.92. The normalized spacial score (nSPS) is 17.7. The van der Waals surface area contributed by atoms with Gasteiger partial charge >= 0.3 is 0 Å². The molecule has 0 fully saturated rings. The summed E-state index contributed by atoms with van der Waals surface area (Å²) in [7, 11) is 0.